The molecule has 1 saturated heterocycles. The predicted octanol–water partition coefficient (Wildman–Crippen LogP) is 4.35. The van der Waals surface area contributed by atoms with Gasteiger partial charge < -0.3 is 19.5 Å². The maximum Gasteiger partial charge on any atom is 0.243 e. The lowest BCUT2D eigenvalue weighted by Crippen LogP contribution is -2.44. The molecule has 1 aromatic carbocycles. The van der Waals surface area contributed by atoms with Crippen molar-refractivity contribution >= 4 is 28.4 Å². The number of ketones is 2. The molecule has 2 saturated carbocycles. The van der Waals surface area contributed by atoms with E-state index in [2.05, 4.69) is 17.4 Å². The van der Waals surface area contributed by atoms with Crippen LogP contribution in [-0.2, 0) is 27.4 Å². The number of Topliss-reactive ketones (excluding diaryl/α,β-unsaturated/α-hetero) is 2. The van der Waals surface area contributed by atoms with Crippen LogP contribution in [0.4, 0.5) is 0 Å². The predicted molar refractivity (Wildman–Crippen MR) is 142 cm³/mol. The van der Waals surface area contributed by atoms with Crippen molar-refractivity contribution in [3.05, 3.63) is 35.0 Å². The van der Waals surface area contributed by atoms with Gasteiger partial charge in [-0.1, -0.05) is 13.0 Å². The van der Waals surface area contributed by atoms with Crippen LogP contribution in [0.25, 0.3) is 10.9 Å². The van der Waals surface area contributed by atoms with E-state index in [1.807, 2.05) is 22.6 Å². The Hall–Kier alpha value is -2.51. The van der Waals surface area contributed by atoms with Gasteiger partial charge in [0.1, 0.15) is 6.54 Å². The van der Waals surface area contributed by atoms with Crippen molar-refractivity contribution in [2.45, 2.75) is 96.3 Å². The zero-order chi connectivity index (χ0) is 25.7. The minimum absolute atomic E-state index is 0.0174. The van der Waals surface area contributed by atoms with E-state index in [1.165, 1.54) is 18.4 Å². The number of amides is 1. The first-order valence-corrected chi connectivity index (χ1v) is 14.2. The van der Waals surface area contributed by atoms with Crippen molar-refractivity contribution in [2.75, 3.05) is 19.8 Å². The first-order chi connectivity index (χ1) is 17.9. The van der Waals surface area contributed by atoms with Crippen LogP contribution in [0, 0.1) is 5.41 Å². The lowest BCUT2D eigenvalue weighted by molar-refractivity contribution is -0.139. The summed E-state index contributed by atoms with van der Waals surface area (Å²) in [6.07, 6.45) is 9.52. The number of hydrogen-bond donors (Lipinski definition) is 1. The number of benzene rings is 1. The van der Waals surface area contributed by atoms with Crippen molar-refractivity contribution in [2.24, 2.45) is 5.41 Å². The number of hydrogen-bond acceptors (Lipinski definition) is 5. The van der Waals surface area contributed by atoms with E-state index in [0.717, 1.165) is 55.3 Å². The Kier molecular flexibility index (Phi) is 6.48. The van der Waals surface area contributed by atoms with Gasteiger partial charge in [0.15, 0.2) is 11.6 Å². The third-order valence-electron chi connectivity index (χ3n) is 9.08. The molecule has 0 radical (unpaired) electrons. The zero-order valence-electron chi connectivity index (χ0n) is 22.2. The Labute approximate surface area is 218 Å². The number of carbonyl (C=O) groups excluding carboxylic acids is 3. The molecule has 7 heteroatoms. The van der Waals surface area contributed by atoms with Gasteiger partial charge in [0.25, 0.3) is 0 Å². The molecule has 3 atom stereocenters. The largest absolute Gasteiger partial charge is 0.381 e. The quantitative estimate of drug-likeness (QED) is 0.625. The summed E-state index contributed by atoms with van der Waals surface area (Å²) in [6.45, 7) is 6.62. The molecule has 6 rings (SSSR count). The summed E-state index contributed by atoms with van der Waals surface area (Å²) in [4.78, 5) is 41.4. The third-order valence-corrected chi connectivity index (χ3v) is 9.08. The molecule has 1 aromatic heterocycles. The van der Waals surface area contributed by atoms with Crippen LogP contribution in [0.5, 0.6) is 0 Å². The van der Waals surface area contributed by atoms with E-state index in [1.54, 1.807) is 6.92 Å². The first-order valence-electron chi connectivity index (χ1n) is 14.2. The summed E-state index contributed by atoms with van der Waals surface area (Å²) < 4.78 is 8.07. The van der Waals surface area contributed by atoms with Crippen molar-refractivity contribution < 1.29 is 19.1 Å². The summed E-state index contributed by atoms with van der Waals surface area (Å²) in [5.41, 5.74) is 4.03. The van der Waals surface area contributed by atoms with E-state index in [-0.39, 0.29) is 41.5 Å². The van der Waals surface area contributed by atoms with E-state index in [0.29, 0.717) is 37.5 Å². The highest BCUT2D eigenvalue weighted by Crippen LogP contribution is 2.60. The lowest BCUT2D eigenvalue weighted by atomic mass is 9.97. The normalized spacial score (nSPS) is 28.7. The Morgan fingerprint density at radius 1 is 1.16 bits per heavy atom. The Morgan fingerprint density at radius 3 is 2.76 bits per heavy atom. The minimum atomic E-state index is -0.365. The molecule has 3 heterocycles. The van der Waals surface area contributed by atoms with Gasteiger partial charge in [-0.05, 0) is 81.5 Å². The summed E-state index contributed by atoms with van der Waals surface area (Å²) in [5, 5.41) is 4.56. The van der Waals surface area contributed by atoms with E-state index in [4.69, 9.17) is 4.74 Å². The van der Waals surface area contributed by atoms with Gasteiger partial charge >= 0.3 is 0 Å². The summed E-state index contributed by atoms with van der Waals surface area (Å²) >= 11 is 0. The smallest absolute Gasteiger partial charge is 0.243 e. The Balaban J connectivity index is 1.41. The van der Waals surface area contributed by atoms with E-state index in [9.17, 15) is 14.4 Å². The highest BCUT2D eigenvalue weighted by Gasteiger charge is 2.66. The average molecular weight is 506 g/mol. The SMILES string of the molecule is CCC(=O)[C@@H]1C[C@]23COCCCCCNCc4cc(C5CC5)cc5c(C(C)=O)cn(c45)CC(=O)N1[C@@H]2C3. The van der Waals surface area contributed by atoms with E-state index >= 15 is 0 Å². The van der Waals surface area contributed by atoms with Crippen LogP contribution in [-0.4, -0.2) is 58.8 Å². The van der Waals surface area contributed by atoms with Crippen molar-refractivity contribution in [1.82, 2.24) is 14.8 Å². The number of carbonyl (C=O) groups is 3. The van der Waals surface area contributed by atoms with Crippen LogP contribution in [0.15, 0.2) is 18.3 Å². The van der Waals surface area contributed by atoms with Crippen LogP contribution >= 0.6 is 0 Å². The fourth-order valence-electron chi connectivity index (χ4n) is 6.81. The molecule has 2 aliphatic carbocycles. The molecule has 37 heavy (non-hydrogen) atoms. The number of nitrogens with zero attached hydrogens (tertiary/aromatic N) is 2. The van der Waals surface area contributed by atoms with Gasteiger partial charge in [-0.15, -0.1) is 0 Å². The fraction of sp³-hybridized carbons (Fsp3) is 0.633. The maximum atomic E-state index is 13.9. The molecule has 4 aliphatic rings. The van der Waals surface area contributed by atoms with Crippen molar-refractivity contribution in [3.63, 3.8) is 0 Å². The fourth-order valence-corrected chi connectivity index (χ4v) is 6.81. The molecular formula is C30H39N3O4. The standard InChI is InChI=1S/C30H39N3O4/c1-3-26(35)25-13-30-14-27(30)33(25)28(36)17-32-16-24(19(2)34)23-12-21(20-7-8-20)11-22(29(23)32)15-31-9-5-4-6-10-37-18-30/h11-12,16,20,25,27,31H,3-10,13-15,17-18H2,1-2H3/t25-,27+,30-/m0/s1. The molecule has 198 valence electrons. The molecule has 2 bridgehead atoms. The molecule has 1 amide bonds. The van der Waals surface area contributed by atoms with Crippen molar-refractivity contribution in [1.29, 1.82) is 0 Å². The molecular weight excluding hydrogens is 466 g/mol. The Bertz CT molecular complexity index is 1250. The van der Waals surface area contributed by atoms with Gasteiger partial charge in [-0.2, -0.15) is 0 Å². The third kappa shape index (κ3) is 4.54. The number of aromatic nitrogens is 1. The lowest BCUT2D eigenvalue weighted by Gasteiger charge is -2.27. The molecule has 0 unspecified atom stereocenters. The minimum Gasteiger partial charge on any atom is -0.381 e. The topological polar surface area (TPSA) is 80.6 Å². The van der Waals surface area contributed by atoms with Gasteiger partial charge in [0.2, 0.25) is 5.91 Å². The second-order valence-corrected chi connectivity index (χ2v) is 11.8. The van der Waals surface area contributed by atoms with Gasteiger partial charge in [-0.25, -0.2) is 0 Å². The number of ether oxygens (including phenoxy) is 1. The van der Waals surface area contributed by atoms with Crippen molar-refractivity contribution in [3.8, 4) is 0 Å². The Morgan fingerprint density at radius 2 is 2.00 bits per heavy atom. The van der Waals surface area contributed by atoms with Crippen LogP contribution in [0.1, 0.15) is 92.6 Å². The molecule has 1 N–H and O–H groups in total. The molecule has 3 fully saturated rings. The first kappa shape index (κ1) is 24.8. The number of piperidine rings is 1. The summed E-state index contributed by atoms with van der Waals surface area (Å²) in [5.74, 6) is 0.694. The van der Waals surface area contributed by atoms with Crippen LogP contribution < -0.4 is 5.32 Å². The zero-order valence-corrected chi connectivity index (χ0v) is 22.2. The maximum absolute atomic E-state index is 13.9. The molecule has 7 nitrogen and oxygen atoms in total. The average Bonchev–Trinajstić information content (AvgIpc) is 3.79. The van der Waals surface area contributed by atoms with Gasteiger partial charge in [0.05, 0.1) is 18.2 Å². The molecule has 0 spiro atoms. The second kappa shape index (κ2) is 9.66. The molecule has 2 aromatic rings. The van der Waals surface area contributed by atoms with Gasteiger partial charge in [0, 0.05) is 48.2 Å². The van der Waals surface area contributed by atoms with Gasteiger partial charge in [-0.3, -0.25) is 14.4 Å². The number of rotatable bonds is 4. The highest BCUT2D eigenvalue weighted by atomic mass is 16.5. The highest BCUT2D eigenvalue weighted by molar-refractivity contribution is 6.08. The second-order valence-electron chi connectivity index (χ2n) is 11.8. The summed E-state index contributed by atoms with van der Waals surface area (Å²) in [6, 6.07) is 4.17. The molecule has 2 aliphatic heterocycles. The number of nitrogens with one attached hydrogen (secondary N) is 1. The summed E-state index contributed by atoms with van der Waals surface area (Å²) in [7, 11) is 0. The van der Waals surface area contributed by atoms with Crippen LogP contribution in [0.2, 0.25) is 0 Å². The van der Waals surface area contributed by atoms with E-state index < -0.39 is 0 Å². The van der Waals surface area contributed by atoms with Crippen LogP contribution in [0.3, 0.4) is 0 Å². The monoisotopic (exact) mass is 505 g/mol.